The van der Waals surface area contributed by atoms with Crippen LogP contribution in [0.3, 0.4) is 0 Å². The summed E-state index contributed by atoms with van der Waals surface area (Å²) in [5, 5.41) is 0.762. The molecule has 4 heteroatoms. The number of nitrogens with zero attached hydrogens (tertiary/aromatic N) is 1. The van der Waals surface area contributed by atoms with Crippen LogP contribution in [0.15, 0.2) is 24.3 Å². The van der Waals surface area contributed by atoms with Gasteiger partial charge < -0.3 is 15.4 Å². The van der Waals surface area contributed by atoms with Gasteiger partial charge in [-0.25, -0.2) is 0 Å². The molecule has 0 aliphatic carbocycles. The molecular formula is C17H27ClN2O. The van der Waals surface area contributed by atoms with E-state index in [2.05, 4.69) is 11.8 Å². The zero-order chi connectivity index (χ0) is 15.1. The first kappa shape index (κ1) is 16.8. The van der Waals surface area contributed by atoms with Gasteiger partial charge in [0.1, 0.15) is 0 Å². The Balaban J connectivity index is 1.75. The summed E-state index contributed by atoms with van der Waals surface area (Å²) in [4.78, 5) is 2.49. The van der Waals surface area contributed by atoms with Crippen molar-refractivity contribution in [3.8, 4) is 0 Å². The van der Waals surface area contributed by atoms with Gasteiger partial charge >= 0.3 is 0 Å². The van der Waals surface area contributed by atoms with Crippen LogP contribution in [0, 0.1) is 0 Å². The minimum absolute atomic E-state index is 0.0826. The van der Waals surface area contributed by atoms with Crippen LogP contribution in [-0.4, -0.2) is 37.2 Å². The molecule has 2 unspecified atom stereocenters. The molecule has 2 rings (SSSR count). The molecule has 21 heavy (non-hydrogen) atoms. The van der Waals surface area contributed by atoms with Crippen molar-refractivity contribution in [2.75, 3.05) is 26.2 Å². The number of benzene rings is 1. The van der Waals surface area contributed by atoms with Gasteiger partial charge in [-0.3, -0.25) is 0 Å². The molecular weight excluding hydrogens is 284 g/mol. The van der Waals surface area contributed by atoms with Gasteiger partial charge in [0.2, 0.25) is 0 Å². The molecule has 0 aromatic heterocycles. The zero-order valence-electron chi connectivity index (χ0n) is 12.9. The summed E-state index contributed by atoms with van der Waals surface area (Å²) in [6.07, 6.45) is 4.90. The molecule has 1 aromatic carbocycles. The predicted molar refractivity (Wildman–Crippen MR) is 88.7 cm³/mol. The van der Waals surface area contributed by atoms with Gasteiger partial charge in [-0.15, -0.1) is 0 Å². The number of halogens is 1. The highest BCUT2D eigenvalue weighted by Gasteiger charge is 2.20. The predicted octanol–water partition coefficient (Wildman–Crippen LogP) is 3.62. The second-order valence-electron chi connectivity index (χ2n) is 5.88. The normalized spacial score (nSPS) is 21.4. The Morgan fingerprint density at radius 2 is 2.14 bits per heavy atom. The summed E-state index contributed by atoms with van der Waals surface area (Å²) < 4.78 is 5.88. The van der Waals surface area contributed by atoms with E-state index in [0.29, 0.717) is 6.10 Å². The van der Waals surface area contributed by atoms with E-state index in [1.54, 1.807) is 0 Å². The molecule has 0 radical (unpaired) electrons. The van der Waals surface area contributed by atoms with E-state index in [1.807, 2.05) is 24.3 Å². The van der Waals surface area contributed by atoms with Gasteiger partial charge in [0.25, 0.3) is 0 Å². The molecule has 118 valence electrons. The summed E-state index contributed by atoms with van der Waals surface area (Å²) >= 11 is 5.91. The van der Waals surface area contributed by atoms with Crippen LogP contribution in [0.5, 0.6) is 0 Å². The van der Waals surface area contributed by atoms with Crippen molar-refractivity contribution in [2.45, 2.75) is 44.8 Å². The Hall–Kier alpha value is -0.610. The van der Waals surface area contributed by atoms with Crippen molar-refractivity contribution in [3.05, 3.63) is 34.9 Å². The van der Waals surface area contributed by atoms with Gasteiger partial charge in [0.05, 0.1) is 6.10 Å². The van der Waals surface area contributed by atoms with E-state index < -0.39 is 0 Å². The average Bonchev–Trinajstić information content (AvgIpc) is 2.52. The number of nitrogens with two attached hydrogens (primary N) is 1. The molecule has 1 heterocycles. The average molecular weight is 311 g/mol. The van der Waals surface area contributed by atoms with Crippen LogP contribution in [0.4, 0.5) is 0 Å². The van der Waals surface area contributed by atoms with Gasteiger partial charge in [0.15, 0.2) is 0 Å². The molecule has 0 spiro atoms. The van der Waals surface area contributed by atoms with E-state index in [-0.39, 0.29) is 6.04 Å². The Morgan fingerprint density at radius 3 is 2.86 bits per heavy atom. The minimum Gasteiger partial charge on any atom is -0.377 e. The highest BCUT2D eigenvalue weighted by atomic mass is 35.5. The van der Waals surface area contributed by atoms with Crippen LogP contribution >= 0.6 is 11.6 Å². The Bertz CT molecular complexity index is 410. The monoisotopic (exact) mass is 310 g/mol. The third-order valence-corrected chi connectivity index (χ3v) is 4.33. The highest BCUT2D eigenvalue weighted by Crippen LogP contribution is 2.19. The van der Waals surface area contributed by atoms with E-state index in [9.17, 15) is 0 Å². The topological polar surface area (TPSA) is 38.5 Å². The first-order valence-electron chi connectivity index (χ1n) is 8.04. The Kier molecular flexibility index (Phi) is 6.97. The summed E-state index contributed by atoms with van der Waals surface area (Å²) in [5.41, 5.74) is 7.44. The van der Waals surface area contributed by atoms with Crippen molar-refractivity contribution >= 4 is 11.6 Å². The molecule has 2 N–H and O–H groups in total. The first-order valence-corrected chi connectivity index (χ1v) is 8.42. The van der Waals surface area contributed by atoms with Crippen LogP contribution < -0.4 is 5.73 Å². The largest absolute Gasteiger partial charge is 0.377 e. The van der Waals surface area contributed by atoms with Gasteiger partial charge in [-0.05, 0) is 49.9 Å². The molecule has 1 aliphatic heterocycles. The van der Waals surface area contributed by atoms with E-state index in [1.165, 1.54) is 19.4 Å². The molecule has 1 aromatic rings. The van der Waals surface area contributed by atoms with Gasteiger partial charge in [-0.1, -0.05) is 30.7 Å². The third-order valence-electron chi connectivity index (χ3n) is 4.07. The van der Waals surface area contributed by atoms with Gasteiger partial charge in [-0.2, -0.15) is 0 Å². The fourth-order valence-electron chi connectivity index (χ4n) is 2.84. The Labute approximate surface area is 133 Å². The van der Waals surface area contributed by atoms with E-state index in [0.717, 1.165) is 43.1 Å². The molecule has 1 saturated heterocycles. The maximum absolute atomic E-state index is 6.28. The number of piperidine rings is 1. The lowest BCUT2D eigenvalue weighted by atomic mass is 10.0. The SMILES string of the molecule is CCCOC1CCCN(CCC(N)c2ccc(Cl)cc2)C1. The third kappa shape index (κ3) is 5.59. The fraction of sp³-hybridized carbons (Fsp3) is 0.647. The summed E-state index contributed by atoms with van der Waals surface area (Å²) in [5.74, 6) is 0. The summed E-state index contributed by atoms with van der Waals surface area (Å²) in [6.45, 7) is 6.29. The number of hydrogen-bond donors (Lipinski definition) is 1. The second kappa shape index (κ2) is 8.74. The lowest BCUT2D eigenvalue weighted by molar-refractivity contribution is -0.000625. The maximum atomic E-state index is 6.28. The smallest absolute Gasteiger partial charge is 0.0702 e. The molecule has 0 saturated carbocycles. The molecule has 0 amide bonds. The second-order valence-corrected chi connectivity index (χ2v) is 6.32. The van der Waals surface area contributed by atoms with Crippen LogP contribution in [-0.2, 0) is 4.74 Å². The van der Waals surface area contributed by atoms with Crippen molar-refractivity contribution in [3.63, 3.8) is 0 Å². The Morgan fingerprint density at radius 1 is 1.38 bits per heavy atom. The quantitative estimate of drug-likeness (QED) is 0.836. The fourth-order valence-corrected chi connectivity index (χ4v) is 2.96. The molecule has 2 atom stereocenters. The van der Waals surface area contributed by atoms with E-state index in [4.69, 9.17) is 22.1 Å². The van der Waals surface area contributed by atoms with Crippen molar-refractivity contribution in [1.82, 2.24) is 4.90 Å². The summed E-state index contributed by atoms with van der Waals surface area (Å²) in [6, 6.07) is 7.95. The van der Waals surface area contributed by atoms with Crippen LogP contribution in [0.25, 0.3) is 0 Å². The number of hydrogen-bond acceptors (Lipinski definition) is 3. The standard InChI is InChI=1S/C17H27ClN2O/c1-2-12-21-16-4-3-10-20(13-16)11-9-17(19)14-5-7-15(18)8-6-14/h5-8,16-17H,2-4,9-13,19H2,1H3. The lowest BCUT2D eigenvalue weighted by Gasteiger charge is -2.33. The highest BCUT2D eigenvalue weighted by molar-refractivity contribution is 6.30. The molecule has 1 aliphatic rings. The number of ether oxygens (including phenoxy) is 1. The zero-order valence-corrected chi connectivity index (χ0v) is 13.7. The van der Waals surface area contributed by atoms with Gasteiger partial charge in [0, 0.05) is 30.8 Å². The first-order chi connectivity index (χ1) is 10.2. The van der Waals surface area contributed by atoms with Crippen LogP contribution in [0.2, 0.25) is 5.02 Å². The maximum Gasteiger partial charge on any atom is 0.0702 e. The number of likely N-dealkylation sites (tertiary alicyclic amines) is 1. The number of rotatable bonds is 7. The molecule has 0 bridgehead atoms. The molecule has 3 nitrogen and oxygen atoms in total. The van der Waals surface area contributed by atoms with Crippen molar-refractivity contribution in [1.29, 1.82) is 0 Å². The minimum atomic E-state index is 0.0826. The van der Waals surface area contributed by atoms with Crippen molar-refractivity contribution < 1.29 is 4.74 Å². The molecule has 1 fully saturated rings. The summed E-state index contributed by atoms with van der Waals surface area (Å²) in [7, 11) is 0. The van der Waals surface area contributed by atoms with Crippen molar-refractivity contribution in [2.24, 2.45) is 5.73 Å². The van der Waals surface area contributed by atoms with E-state index >= 15 is 0 Å². The van der Waals surface area contributed by atoms with Crippen LogP contribution in [0.1, 0.15) is 44.2 Å². The lowest BCUT2D eigenvalue weighted by Crippen LogP contribution is -2.40.